The predicted molar refractivity (Wildman–Crippen MR) is 166 cm³/mol. The smallest absolute Gasteiger partial charge is 0.260 e. The van der Waals surface area contributed by atoms with E-state index in [1.54, 1.807) is 36.5 Å². The standard InChI is InChI=1S/C33H32F2N4O4S/c1-38-13-12-25-23(19-44(2,42)43)14-22-18-39(27-10-9-24(34)15-26(27)35)32-21(17-37-31(29(22)32)30(25)33(38)41)8-11-28(40)36-16-20-6-4-3-5-7-20/h3-7,9-10,12-15,18,21,32,37H,8,11,16-17,19H2,1-2H3,(H,36,40). The normalized spacial score (nSPS) is 19.0. The van der Waals surface area contributed by atoms with Crippen molar-refractivity contribution in [2.24, 2.45) is 13.0 Å². The molecule has 0 fully saturated rings. The number of anilines is 1. The highest BCUT2D eigenvalue weighted by Gasteiger charge is 2.44. The van der Waals surface area contributed by atoms with E-state index in [2.05, 4.69) is 10.6 Å². The second-order valence-corrected chi connectivity index (χ2v) is 13.7. The quantitative estimate of drug-likeness (QED) is 0.397. The molecule has 0 spiro atoms. The first kappa shape index (κ1) is 29.6. The third kappa shape index (κ3) is 5.71. The zero-order valence-electron chi connectivity index (χ0n) is 24.3. The number of aryl methyl sites for hydroxylation is 1. The molecule has 3 aromatic rings. The van der Waals surface area contributed by atoms with Crippen LogP contribution in [0.2, 0.25) is 0 Å². The van der Waals surface area contributed by atoms with Crippen molar-refractivity contribution in [3.63, 3.8) is 0 Å². The van der Waals surface area contributed by atoms with Crippen LogP contribution < -0.4 is 21.1 Å². The second kappa shape index (κ2) is 11.5. The van der Waals surface area contributed by atoms with Crippen LogP contribution in [0.1, 0.15) is 29.5 Å². The van der Waals surface area contributed by atoms with E-state index >= 15 is 4.39 Å². The fourth-order valence-electron chi connectivity index (χ4n) is 6.32. The largest absolute Gasteiger partial charge is 0.384 e. The van der Waals surface area contributed by atoms with E-state index in [9.17, 15) is 22.4 Å². The summed E-state index contributed by atoms with van der Waals surface area (Å²) in [6, 6.07) is 14.2. The Morgan fingerprint density at radius 1 is 1.11 bits per heavy atom. The molecule has 3 heterocycles. The maximum atomic E-state index is 15.3. The van der Waals surface area contributed by atoms with Gasteiger partial charge >= 0.3 is 0 Å². The van der Waals surface area contributed by atoms with E-state index in [1.807, 2.05) is 30.3 Å². The van der Waals surface area contributed by atoms with Crippen LogP contribution in [0.4, 0.5) is 14.5 Å². The Labute approximate surface area is 254 Å². The molecular formula is C33H32F2N4O4S. The zero-order valence-corrected chi connectivity index (χ0v) is 25.1. The summed E-state index contributed by atoms with van der Waals surface area (Å²) >= 11 is 0. The van der Waals surface area contributed by atoms with Gasteiger partial charge in [-0.1, -0.05) is 30.3 Å². The molecule has 8 nitrogen and oxygen atoms in total. The minimum absolute atomic E-state index is 0.130. The number of hydrogen-bond donors (Lipinski definition) is 2. The number of fused-ring (bicyclic) bond motifs is 2. The van der Waals surface area contributed by atoms with Crippen molar-refractivity contribution in [2.45, 2.75) is 25.4 Å². The van der Waals surface area contributed by atoms with E-state index in [-0.39, 0.29) is 35.2 Å². The first-order chi connectivity index (χ1) is 21.0. The van der Waals surface area contributed by atoms with Crippen LogP contribution in [-0.2, 0) is 28.2 Å². The van der Waals surface area contributed by atoms with Crippen molar-refractivity contribution < 1.29 is 22.0 Å². The van der Waals surface area contributed by atoms with Crippen molar-refractivity contribution in [3.05, 3.63) is 123 Å². The number of halogens is 2. The molecular weight excluding hydrogens is 586 g/mol. The van der Waals surface area contributed by atoms with E-state index in [1.165, 1.54) is 16.7 Å². The van der Waals surface area contributed by atoms with Gasteiger partial charge in [0.1, 0.15) is 11.6 Å². The molecule has 2 aromatic carbocycles. The van der Waals surface area contributed by atoms with Crippen molar-refractivity contribution in [2.75, 3.05) is 23.5 Å². The number of pyridine rings is 1. The molecule has 2 aliphatic heterocycles. The minimum atomic E-state index is -3.49. The highest BCUT2D eigenvalue weighted by atomic mass is 32.2. The fourth-order valence-corrected chi connectivity index (χ4v) is 7.12. The van der Waals surface area contributed by atoms with E-state index < -0.39 is 27.5 Å². The summed E-state index contributed by atoms with van der Waals surface area (Å²) in [6.07, 6.45) is 6.86. The van der Waals surface area contributed by atoms with Gasteiger partial charge in [-0.2, -0.15) is 0 Å². The lowest BCUT2D eigenvalue weighted by Gasteiger charge is -2.39. The summed E-state index contributed by atoms with van der Waals surface area (Å²) in [5, 5.41) is 6.38. The van der Waals surface area contributed by atoms with Crippen LogP contribution in [0.25, 0.3) is 11.3 Å². The van der Waals surface area contributed by atoms with Crippen molar-refractivity contribution in [1.82, 2.24) is 15.2 Å². The number of carbonyl (C=O) groups excluding carboxylic acids is 1. The number of benzene rings is 2. The molecule has 3 aliphatic rings. The Balaban J connectivity index is 1.42. The number of rotatable bonds is 8. The van der Waals surface area contributed by atoms with Gasteiger partial charge in [0, 0.05) is 62.8 Å². The lowest BCUT2D eigenvalue weighted by Crippen LogP contribution is -2.46. The van der Waals surface area contributed by atoms with Crippen LogP contribution in [0.3, 0.4) is 0 Å². The molecule has 2 N–H and O–H groups in total. The van der Waals surface area contributed by atoms with E-state index in [0.29, 0.717) is 53.1 Å². The van der Waals surface area contributed by atoms with Gasteiger partial charge in [0.15, 0.2) is 9.84 Å². The average molecular weight is 619 g/mol. The molecule has 228 valence electrons. The van der Waals surface area contributed by atoms with Crippen LogP contribution in [-0.4, -0.2) is 43.5 Å². The molecule has 11 heteroatoms. The number of carbonyl (C=O) groups is 1. The Morgan fingerprint density at radius 2 is 1.89 bits per heavy atom. The molecule has 6 rings (SSSR count). The molecule has 2 unspecified atom stereocenters. The number of amides is 1. The summed E-state index contributed by atoms with van der Waals surface area (Å²) in [4.78, 5) is 28.2. The number of hydrogen-bond acceptors (Lipinski definition) is 6. The number of aromatic nitrogens is 1. The lowest BCUT2D eigenvalue weighted by molar-refractivity contribution is -0.121. The molecule has 1 aromatic heterocycles. The first-order valence-electron chi connectivity index (χ1n) is 14.3. The third-order valence-corrected chi connectivity index (χ3v) is 9.15. The monoisotopic (exact) mass is 618 g/mol. The van der Waals surface area contributed by atoms with Gasteiger partial charge in [-0.3, -0.25) is 9.59 Å². The van der Waals surface area contributed by atoms with Gasteiger partial charge in [-0.05, 0) is 53.0 Å². The Bertz CT molecular complexity index is 1920. The van der Waals surface area contributed by atoms with E-state index in [0.717, 1.165) is 17.9 Å². The topological polar surface area (TPSA) is 101 Å². The van der Waals surface area contributed by atoms with Crippen LogP contribution >= 0.6 is 0 Å². The van der Waals surface area contributed by atoms with Gasteiger partial charge in [-0.25, -0.2) is 17.2 Å². The molecule has 2 atom stereocenters. The van der Waals surface area contributed by atoms with Crippen LogP contribution in [0.5, 0.6) is 0 Å². The maximum Gasteiger partial charge on any atom is 0.260 e. The Kier molecular flexibility index (Phi) is 7.75. The molecule has 1 amide bonds. The molecule has 0 bridgehead atoms. The van der Waals surface area contributed by atoms with Gasteiger partial charge in [0.2, 0.25) is 5.91 Å². The van der Waals surface area contributed by atoms with Gasteiger partial charge < -0.3 is 20.1 Å². The Hall–Kier alpha value is -4.51. The number of allylic oxidation sites excluding steroid dienone is 1. The summed E-state index contributed by atoms with van der Waals surface area (Å²) in [5.74, 6) is -2.11. The second-order valence-electron chi connectivity index (χ2n) is 11.5. The first-order valence-corrected chi connectivity index (χ1v) is 16.4. The number of nitrogens with one attached hydrogen (secondary N) is 2. The summed E-state index contributed by atoms with van der Waals surface area (Å²) in [6.45, 7) is 0.767. The zero-order chi connectivity index (χ0) is 31.2. The Morgan fingerprint density at radius 3 is 2.61 bits per heavy atom. The molecule has 1 aliphatic carbocycles. The predicted octanol–water partition coefficient (Wildman–Crippen LogP) is 3.90. The van der Waals surface area contributed by atoms with Crippen molar-refractivity contribution >= 4 is 32.7 Å². The summed E-state index contributed by atoms with van der Waals surface area (Å²) < 4.78 is 55.6. The SMILES string of the molecule is Cn1ccc2c(c1=O)C1=C3C(=CN(c4ccc(F)cc4F)C3C(CCC(=O)NCc3ccccc3)CN1)C=C2CS(C)(=O)=O. The van der Waals surface area contributed by atoms with Crippen LogP contribution in [0, 0.1) is 17.6 Å². The maximum absolute atomic E-state index is 15.3. The molecule has 0 saturated carbocycles. The minimum Gasteiger partial charge on any atom is -0.384 e. The average Bonchev–Trinajstić information content (AvgIpc) is 3.29. The molecule has 44 heavy (non-hydrogen) atoms. The lowest BCUT2D eigenvalue weighted by atomic mass is 9.82. The highest BCUT2D eigenvalue weighted by Crippen LogP contribution is 2.47. The molecule has 0 radical (unpaired) electrons. The molecule has 0 saturated heterocycles. The van der Waals surface area contributed by atoms with Gasteiger partial charge in [-0.15, -0.1) is 0 Å². The third-order valence-electron chi connectivity index (χ3n) is 8.32. The number of sulfone groups is 1. The van der Waals surface area contributed by atoms with Gasteiger partial charge in [0.05, 0.1) is 28.7 Å². The number of nitrogens with zero attached hydrogens (tertiary/aromatic N) is 2. The van der Waals surface area contributed by atoms with Crippen molar-refractivity contribution in [1.29, 1.82) is 0 Å². The summed E-state index contributed by atoms with van der Waals surface area (Å²) in [5.41, 5.74) is 4.00. The fraction of sp³-hybridized carbons (Fsp3) is 0.273. The van der Waals surface area contributed by atoms with Gasteiger partial charge in [0.25, 0.3) is 5.56 Å². The van der Waals surface area contributed by atoms with Crippen molar-refractivity contribution in [3.8, 4) is 0 Å². The highest BCUT2D eigenvalue weighted by molar-refractivity contribution is 7.91. The summed E-state index contributed by atoms with van der Waals surface area (Å²) in [7, 11) is -1.86. The van der Waals surface area contributed by atoms with Crippen LogP contribution in [0.15, 0.2) is 89.0 Å². The van der Waals surface area contributed by atoms with E-state index in [4.69, 9.17) is 0 Å².